The molecule has 0 bridgehead atoms. The second-order valence-corrected chi connectivity index (χ2v) is 2.18. The Morgan fingerprint density at radius 2 is 2.22 bits per heavy atom. The molecule has 0 rings (SSSR count). The first-order valence-corrected chi connectivity index (χ1v) is 3.80. The molecule has 0 heterocycles. The van der Waals surface area contributed by atoms with Gasteiger partial charge in [0.2, 0.25) is 0 Å². The molecule has 3 heteroatoms. The normalized spacial score (nSPS) is 10.3. The van der Waals surface area contributed by atoms with Crippen LogP contribution in [0.1, 0.15) is 12.8 Å². The first-order chi connectivity index (χ1) is 4.27. The summed E-state index contributed by atoms with van der Waals surface area (Å²) in [4.78, 5) is 9.81. The van der Waals surface area contributed by atoms with Crippen LogP contribution < -0.4 is 5.11 Å². The van der Waals surface area contributed by atoms with Gasteiger partial charge in [0.15, 0.2) is 0 Å². The number of carbonyl (C=O) groups excluding carboxylic acids is 1. The number of allylic oxidation sites excluding steroid dienone is 2. The monoisotopic (exact) mass is 191 g/mol. The standard InChI is InChI=1S/C6H9BrO2/c7-5-3-1-2-4-6(8)9/h1,3H,2,4-5H2,(H,8,9)/p-1/b3-1+. The molecular formula is C6H8BrO2-. The Morgan fingerprint density at radius 3 is 2.67 bits per heavy atom. The van der Waals surface area contributed by atoms with E-state index in [1.807, 2.05) is 12.2 Å². The Hall–Kier alpha value is -0.310. The Balaban J connectivity index is 3.09. The van der Waals surface area contributed by atoms with E-state index in [-0.39, 0.29) is 6.42 Å². The predicted octanol–water partition coefficient (Wildman–Crippen LogP) is 0.468. The maximum Gasteiger partial charge on any atom is 0.0417 e. The highest BCUT2D eigenvalue weighted by atomic mass is 79.9. The van der Waals surface area contributed by atoms with E-state index in [1.165, 1.54) is 0 Å². The molecule has 0 aromatic heterocycles. The summed E-state index contributed by atoms with van der Waals surface area (Å²) in [5, 5.41) is 10.6. The number of carbonyl (C=O) groups is 1. The zero-order valence-corrected chi connectivity index (χ0v) is 6.56. The smallest absolute Gasteiger partial charge is 0.0417 e. The largest absolute Gasteiger partial charge is 0.550 e. The Labute approximate surface area is 62.7 Å². The fraction of sp³-hybridized carbons (Fsp3) is 0.500. The van der Waals surface area contributed by atoms with Crippen molar-refractivity contribution in [2.24, 2.45) is 0 Å². The fourth-order valence-corrected chi connectivity index (χ4v) is 0.646. The average molecular weight is 192 g/mol. The summed E-state index contributed by atoms with van der Waals surface area (Å²) in [6.07, 6.45) is 4.35. The summed E-state index contributed by atoms with van der Waals surface area (Å²) in [6.45, 7) is 0. The zero-order chi connectivity index (χ0) is 7.11. The average Bonchev–Trinajstić information content (AvgIpc) is 1.80. The van der Waals surface area contributed by atoms with Gasteiger partial charge >= 0.3 is 0 Å². The van der Waals surface area contributed by atoms with E-state index in [2.05, 4.69) is 15.9 Å². The molecule has 0 unspecified atom stereocenters. The maximum absolute atomic E-state index is 9.81. The van der Waals surface area contributed by atoms with Crippen molar-refractivity contribution in [2.45, 2.75) is 12.8 Å². The Bertz CT molecular complexity index is 110. The van der Waals surface area contributed by atoms with Gasteiger partial charge in [-0.25, -0.2) is 0 Å². The molecule has 0 N–H and O–H groups in total. The molecule has 0 spiro atoms. The van der Waals surface area contributed by atoms with Gasteiger partial charge in [0.05, 0.1) is 0 Å². The van der Waals surface area contributed by atoms with E-state index in [0.717, 1.165) is 5.33 Å². The number of rotatable bonds is 4. The molecule has 0 radical (unpaired) electrons. The predicted molar refractivity (Wildman–Crippen MR) is 37.2 cm³/mol. The van der Waals surface area contributed by atoms with Crippen LogP contribution in [-0.4, -0.2) is 11.3 Å². The van der Waals surface area contributed by atoms with Crippen molar-refractivity contribution in [1.82, 2.24) is 0 Å². The van der Waals surface area contributed by atoms with Crippen molar-refractivity contribution >= 4 is 21.9 Å². The van der Waals surface area contributed by atoms with Crippen LogP contribution in [0.3, 0.4) is 0 Å². The molecule has 0 aromatic rings. The minimum atomic E-state index is -0.991. The van der Waals surface area contributed by atoms with Crippen LogP contribution in [0, 0.1) is 0 Å². The van der Waals surface area contributed by atoms with Crippen LogP contribution in [0.2, 0.25) is 0 Å². The number of halogens is 1. The molecule has 0 amide bonds. The first-order valence-electron chi connectivity index (χ1n) is 2.68. The van der Waals surface area contributed by atoms with E-state index in [0.29, 0.717) is 6.42 Å². The molecule has 0 aromatic carbocycles. The van der Waals surface area contributed by atoms with E-state index in [4.69, 9.17) is 0 Å². The van der Waals surface area contributed by atoms with E-state index in [9.17, 15) is 9.90 Å². The molecule has 0 aliphatic rings. The molecule has 0 aliphatic heterocycles. The molecule has 0 saturated heterocycles. The lowest BCUT2D eigenvalue weighted by Crippen LogP contribution is -2.21. The minimum absolute atomic E-state index is 0.115. The summed E-state index contributed by atoms with van der Waals surface area (Å²) < 4.78 is 0. The minimum Gasteiger partial charge on any atom is -0.550 e. The van der Waals surface area contributed by atoms with Crippen LogP contribution in [0.4, 0.5) is 0 Å². The Kier molecular flexibility index (Phi) is 5.62. The van der Waals surface area contributed by atoms with Crippen LogP contribution in [0.25, 0.3) is 0 Å². The van der Waals surface area contributed by atoms with Gasteiger partial charge in [-0.1, -0.05) is 28.1 Å². The SMILES string of the molecule is O=C([O-])CC/C=C/CBr. The lowest BCUT2D eigenvalue weighted by Gasteiger charge is -1.94. The molecule has 0 aliphatic carbocycles. The van der Waals surface area contributed by atoms with Crippen LogP contribution >= 0.6 is 15.9 Å². The number of hydrogen-bond acceptors (Lipinski definition) is 2. The third-order valence-electron chi connectivity index (χ3n) is 0.771. The summed E-state index contributed by atoms with van der Waals surface area (Å²) in [5.41, 5.74) is 0. The molecule has 2 nitrogen and oxygen atoms in total. The Morgan fingerprint density at radius 1 is 1.56 bits per heavy atom. The number of alkyl halides is 1. The highest BCUT2D eigenvalue weighted by molar-refractivity contribution is 9.09. The number of hydrogen-bond donors (Lipinski definition) is 0. The van der Waals surface area contributed by atoms with Crippen molar-refractivity contribution in [2.75, 3.05) is 5.33 Å². The van der Waals surface area contributed by atoms with Gasteiger partial charge in [0.1, 0.15) is 0 Å². The van der Waals surface area contributed by atoms with Crippen LogP contribution in [-0.2, 0) is 4.79 Å². The number of carboxylic acids is 1. The van der Waals surface area contributed by atoms with Crippen molar-refractivity contribution in [1.29, 1.82) is 0 Å². The lowest BCUT2D eigenvalue weighted by atomic mass is 10.3. The van der Waals surface area contributed by atoms with Gasteiger partial charge in [0, 0.05) is 11.3 Å². The summed E-state index contributed by atoms with van der Waals surface area (Å²) in [6, 6.07) is 0. The van der Waals surface area contributed by atoms with Gasteiger partial charge in [-0.2, -0.15) is 0 Å². The van der Waals surface area contributed by atoms with Crippen molar-refractivity contribution in [3.05, 3.63) is 12.2 Å². The summed E-state index contributed by atoms with van der Waals surface area (Å²) >= 11 is 3.17. The maximum atomic E-state index is 9.81. The number of aliphatic carboxylic acids is 1. The molecule has 52 valence electrons. The molecule has 0 saturated carbocycles. The molecular weight excluding hydrogens is 184 g/mol. The highest BCUT2D eigenvalue weighted by Gasteiger charge is 1.80. The van der Waals surface area contributed by atoms with E-state index < -0.39 is 5.97 Å². The van der Waals surface area contributed by atoms with E-state index in [1.54, 1.807) is 0 Å². The topological polar surface area (TPSA) is 40.1 Å². The number of carboxylic acid groups (broad SMARTS) is 1. The second kappa shape index (κ2) is 5.82. The molecule has 9 heavy (non-hydrogen) atoms. The first kappa shape index (κ1) is 8.69. The summed E-state index contributed by atoms with van der Waals surface area (Å²) in [7, 11) is 0. The van der Waals surface area contributed by atoms with Gasteiger partial charge in [-0.05, 0) is 12.8 Å². The molecule has 0 fully saturated rings. The summed E-state index contributed by atoms with van der Waals surface area (Å²) in [5.74, 6) is -0.991. The van der Waals surface area contributed by atoms with Gasteiger partial charge in [-0.15, -0.1) is 0 Å². The van der Waals surface area contributed by atoms with Gasteiger partial charge < -0.3 is 9.90 Å². The van der Waals surface area contributed by atoms with Gasteiger partial charge in [0.25, 0.3) is 0 Å². The second-order valence-electron chi connectivity index (χ2n) is 1.54. The third kappa shape index (κ3) is 7.69. The van der Waals surface area contributed by atoms with Crippen LogP contribution in [0.15, 0.2) is 12.2 Å². The van der Waals surface area contributed by atoms with Crippen molar-refractivity contribution < 1.29 is 9.90 Å². The van der Waals surface area contributed by atoms with Crippen molar-refractivity contribution in [3.8, 4) is 0 Å². The fourth-order valence-electron chi connectivity index (χ4n) is 0.382. The lowest BCUT2D eigenvalue weighted by molar-refractivity contribution is -0.305. The van der Waals surface area contributed by atoms with Crippen molar-refractivity contribution in [3.63, 3.8) is 0 Å². The van der Waals surface area contributed by atoms with Crippen LogP contribution in [0.5, 0.6) is 0 Å². The third-order valence-corrected chi connectivity index (χ3v) is 1.14. The van der Waals surface area contributed by atoms with Gasteiger partial charge in [-0.3, -0.25) is 0 Å². The van der Waals surface area contributed by atoms with E-state index >= 15 is 0 Å². The zero-order valence-electron chi connectivity index (χ0n) is 4.97. The quantitative estimate of drug-likeness (QED) is 0.479. The molecule has 0 atom stereocenters. The highest BCUT2D eigenvalue weighted by Crippen LogP contribution is 1.90.